The first-order chi connectivity index (χ1) is 12.7. The fraction of sp³-hybridized carbons (Fsp3) is 0.762. The van der Waals surface area contributed by atoms with Gasteiger partial charge in [-0.05, 0) is 25.2 Å². The number of carbonyl (C=O) groups is 2. The standard InChI is InChI=1S/C21H36N4O2/c1-7-9-15(10-14(3)4)20(27)25-11-17(21(5,6)12-25)24-19(26)18-16(8-2)22-13-23-18/h13-15,17H,7-12H2,1-6H3,(H,22,23)(H,24,26). The Morgan fingerprint density at radius 3 is 2.67 bits per heavy atom. The number of H-pyrrole nitrogens is 1. The molecule has 2 rings (SSSR count). The molecule has 1 aliphatic heterocycles. The van der Waals surface area contributed by atoms with E-state index in [9.17, 15) is 9.59 Å². The maximum absolute atomic E-state index is 13.1. The number of rotatable bonds is 8. The fourth-order valence-electron chi connectivity index (χ4n) is 4.07. The van der Waals surface area contributed by atoms with E-state index in [2.05, 4.69) is 49.9 Å². The first-order valence-corrected chi connectivity index (χ1v) is 10.3. The highest BCUT2D eigenvalue weighted by atomic mass is 16.2. The van der Waals surface area contributed by atoms with Crippen molar-refractivity contribution < 1.29 is 9.59 Å². The SMILES string of the molecule is CCCC(CC(C)C)C(=O)N1CC(NC(=O)c2nc[nH]c2CC)C(C)(C)C1. The van der Waals surface area contributed by atoms with Crippen molar-refractivity contribution in [2.24, 2.45) is 17.3 Å². The number of hydrogen-bond donors (Lipinski definition) is 2. The summed E-state index contributed by atoms with van der Waals surface area (Å²) in [6.45, 7) is 13.9. The van der Waals surface area contributed by atoms with Crippen molar-refractivity contribution in [3.05, 3.63) is 17.7 Å². The Kier molecular flexibility index (Phi) is 7.06. The number of nitrogens with one attached hydrogen (secondary N) is 2. The second kappa shape index (κ2) is 8.89. The van der Waals surface area contributed by atoms with Gasteiger partial charge in [0, 0.05) is 30.1 Å². The lowest BCUT2D eigenvalue weighted by Crippen LogP contribution is -2.45. The molecule has 1 saturated heterocycles. The summed E-state index contributed by atoms with van der Waals surface area (Å²) >= 11 is 0. The Balaban J connectivity index is 2.08. The number of nitrogens with zero attached hydrogens (tertiary/aromatic N) is 2. The molecule has 2 amide bonds. The Labute approximate surface area is 163 Å². The lowest BCUT2D eigenvalue weighted by Gasteiger charge is -2.26. The van der Waals surface area contributed by atoms with Crippen molar-refractivity contribution in [3.8, 4) is 0 Å². The largest absolute Gasteiger partial charge is 0.348 e. The van der Waals surface area contributed by atoms with Crippen molar-refractivity contribution in [2.45, 2.75) is 73.3 Å². The third-order valence-corrected chi connectivity index (χ3v) is 5.59. The van der Waals surface area contributed by atoms with Gasteiger partial charge in [-0.15, -0.1) is 0 Å². The molecule has 0 aliphatic carbocycles. The van der Waals surface area contributed by atoms with E-state index in [1.165, 1.54) is 0 Å². The normalized spacial score (nSPS) is 20.1. The molecule has 2 heterocycles. The molecule has 0 aromatic carbocycles. The summed E-state index contributed by atoms with van der Waals surface area (Å²) in [7, 11) is 0. The van der Waals surface area contributed by atoms with E-state index in [1.54, 1.807) is 6.33 Å². The Morgan fingerprint density at radius 2 is 2.07 bits per heavy atom. The van der Waals surface area contributed by atoms with Gasteiger partial charge in [0.05, 0.1) is 12.4 Å². The van der Waals surface area contributed by atoms with Gasteiger partial charge in [0.2, 0.25) is 5.91 Å². The number of aryl methyl sites for hydroxylation is 1. The molecule has 0 radical (unpaired) electrons. The van der Waals surface area contributed by atoms with Crippen LogP contribution in [0.2, 0.25) is 0 Å². The molecule has 2 unspecified atom stereocenters. The average Bonchev–Trinajstić information content (AvgIpc) is 3.17. The van der Waals surface area contributed by atoms with Gasteiger partial charge in [0.1, 0.15) is 5.69 Å². The first-order valence-electron chi connectivity index (χ1n) is 10.3. The molecule has 1 aliphatic rings. The van der Waals surface area contributed by atoms with Crippen LogP contribution in [0.15, 0.2) is 6.33 Å². The van der Waals surface area contributed by atoms with Gasteiger partial charge < -0.3 is 15.2 Å². The molecule has 0 saturated carbocycles. The topological polar surface area (TPSA) is 78.1 Å². The molecule has 27 heavy (non-hydrogen) atoms. The molecule has 0 spiro atoms. The van der Waals surface area contributed by atoms with Crippen LogP contribution in [0.25, 0.3) is 0 Å². The summed E-state index contributed by atoms with van der Waals surface area (Å²) in [5, 5.41) is 3.13. The molecule has 2 N–H and O–H groups in total. The molecular formula is C21H36N4O2. The van der Waals surface area contributed by atoms with E-state index in [0.717, 1.165) is 31.4 Å². The number of amides is 2. The minimum atomic E-state index is -0.164. The smallest absolute Gasteiger partial charge is 0.272 e. The third-order valence-electron chi connectivity index (χ3n) is 5.59. The number of carbonyl (C=O) groups excluding carboxylic acids is 2. The summed E-state index contributed by atoms with van der Waals surface area (Å²) in [4.78, 5) is 35.0. The van der Waals surface area contributed by atoms with Crippen LogP contribution in [0.1, 0.15) is 77.0 Å². The second-order valence-corrected chi connectivity index (χ2v) is 8.93. The van der Waals surface area contributed by atoms with E-state index in [4.69, 9.17) is 0 Å². The highest BCUT2D eigenvalue weighted by molar-refractivity contribution is 5.93. The number of likely N-dealkylation sites (tertiary alicyclic amines) is 1. The van der Waals surface area contributed by atoms with Crippen LogP contribution in [-0.2, 0) is 11.2 Å². The molecule has 1 aromatic rings. The molecule has 1 fully saturated rings. The Bertz CT molecular complexity index is 650. The zero-order chi connectivity index (χ0) is 20.2. The summed E-state index contributed by atoms with van der Waals surface area (Å²) < 4.78 is 0. The van der Waals surface area contributed by atoms with E-state index < -0.39 is 0 Å². The zero-order valence-corrected chi connectivity index (χ0v) is 17.8. The number of aromatic amines is 1. The molecule has 0 bridgehead atoms. The molecule has 2 atom stereocenters. The maximum Gasteiger partial charge on any atom is 0.272 e. The Hall–Kier alpha value is -1.85. The molecule has 6 heteroatoms. The van der Waals surface area contributed by atoms with E-state index >= 15 is 0 Å². The first kappa shape index (κ1) is 21.5. The fourth-order valence-corrected chi connectivity index (χ4v) is 4.07. The van der Waals surface area contributed by atoms with Crippen LogP contribution in [0, 0.1) is 17.3 Å². The van der Waals surface area contributed by atoms with Gasteiger partial charge in [-0.25, -0.2) is 4.98 Å². The van der Waals surface area contributed by atoms with Gasteiger partial charge in [-0.1, -0.05) is 48.0 Å². The van der Waals surface area contributed by atoms with Gasteiger partial charge in [-0.2, -0.15) is 0 Å². The van der Waals surface area contributed by atoms with Gasteiger partial charge >= 0.3 is 0 Å². The highest BCUT2D eigenvalue weighted by Gasteiger charge is 2.43. The minimum absolute atomic E-state index is 0.0725. The van der Waals surface area contributed by atoms with Crippen LogP contribution in [-0.4, -0.2) is 45.8 Å². The minimum Gasteiger partial charge on any atom is -0.348 e. The van der Waals surface area contributed by atoms with Crippen molar-refractivity contribution >= 4 is 11.8 Å². The molecule has 6 nitrogen and oxygen atoms in total. The van der Waals surface area contributed by atoms with Crippen molar-refractivity contribution in [1.82, 2.24) is 20.2 Å². The lowest BCUT2D eigenvalue weighted by atomic mass is 9.87. The van der Waals surface area contributed by atoms with E-state index in [0.29, 0.717) is 24.7 Å². The Morgan fingerprint density at radius 1 is 1.37 bits per heavy atom. The van der Waals surface area contributed by atoms with Gasteiger partial charge in [-0.3, -0.25) is 9.59 Å². The van der Waals surface area contributed by atoms with Crippen molar-refractivity contribution in [1.29, 1.82) is 0 Å². The quantitative estimate of drug-likeness (QED) is 0.730. The zero-order valence-electron chi connectivity index (χ0n) is 17.8. The van der Waals surface area contributed by atoms with Crippen LogP contribution in [0.3, 0.4) is 0 Å². The maximum atomic E-state index is 13.1. The van der Waals surface area contributed by atoms with Crippen molar-refractivity contribution in [2.75, 3.05) is 13.1 Å². The predicted octanol–water partition coefficient (Wildman–Crippen LogP) is 3.40. The third kappa shape index (κ3) is 5.11. The van der Waals surface area contributed by atoms with E-state index in [1.807, 2.05) is 11.8 Å². The summed E-state index contributed by atoms with van der Waals surface area (Å²) in [5.41, 5.74) is 1.14. The monoisotopic (exact) mass is 376 g/mol. The average molecular weight is 377 g/mol. The van der Waals surface area contributed by atoms with Crippen molar-refractivity contribution in [3.63, 3.8) is 0 Å². The summed E-state index contributed by atoms with van der Waals surface area (Å²) in [5.74, 6) is 0.666. The molecular weight excluding hydrogens is 340 g/mol. The number of imidazole rings is 1. The van der Waals surface area contributed by atoms with Gasteiger partial charge in [0.25, 0.3) is 5.91 Å². The second-order valence-electron chi connectivity index (χ2n) is 8.93. The summed E-state index contributed by atoms with van der Waals surface area (Å²) in [6.07, 6.45) is 5.16. The number of hydrogen-bond acceptors (Lipinski definition) is 3. The van der Waals surface area contributed by atoms with E-state index in [-0.39, 0.29) is 29.2 Å². The summed E-state index contributed by atoms with van der Waals surface area (Å²) in [6, 6.07) is -0.0725. The highest BCUT2D eigenvalue weighted by Crippen LogP contribution is 2.32. The molecule has 152 valence electrons. The van der Waals surface area contributed by atoms with Crippen LogP contribution in [0.4, 0.5) is 0 Å². The van der Waals surface area contributed by atoms with Crippen LogP contribution in [0.5, 0.6) is 0 Å². The van der Waals surface area contributed by atoms with Crippen LogP contribution >= 0.6 is 0 Å². The van der Waals surface area contributed by atoms with Crippen LogP contribution < -0.4 is 5.32 Å². The molecule has 1 aromatic heterocycles. The lowest BCUT2D eigenvalue weighted by molar-refractivity contribution is -0.135. The number of aromatic nitrogens is 2. The predicted molar refractivity (Wildman–Crippen MR) is 107 cm³/mol. The van der Waals surface area contributed by atoms with Gasteiger partial charge in [0.15, 0.2) is 0 Å².